The molecule has 1 aromatic carbocycles. The molecular formula is C17H17F6N5O2S. The van der Waals surface area contributed by atoms with Crippen LogP contribution in [0.3, 0.4) is 0 Å². The van der Waals surface area contributed by atoms with Gasteiger partial charge in [0, 0.05) is 25.0 Å². The maximum atomic E-state index is 13.0. The predicted octanol–water partition coefficient (Wildman–Crippen LogP) is 6.50. The zero-order valence-corrected chi connectivity index (χ0v) is 17.0. The second-order valence-electron chi connectivity index (χ2n) is 5.88. The molecule has 170 valence electrons. The summed E-state index contributed by atoms with van der Waals surface area (Å²) in [4.78, 5) is 5.30. The number of hydrogen-bond donors (Lipinski definition) is 0. The van der Waals surface area contributed by atoms with E-state index < -0.39 is 33.2 Å². The third-order valence-corrected chi connectivity index (χ3v) is 5.05. The third-order valence-electron chi connectivity index (χ3n) is 3.96. The molecule has 0 aliphatic carbocycles. The summed E-state index contributed by atoms with van der Waals surface area (Å²) in [6.45, 7) is 4.74. The van der Waals surface area contributed by atoms with E-state index in [0.29, 0.717) is 25.0 Å². The average Bonchev–Trinajstić information content (AvgIpc) is 2.73. The lowest BCUT2D eigenvalue weighted by Crippen LogP contribution is -2.21. The molecule has 14 heteroatoms. The molecule has 1 heterocycles. The first kappa shape index (κ1) is 24.5. The van der Waals surface area contributed by atoms with E-state index in [2.05, 4.69) is 24.0 Å². The quantitative estimate of drug-likeness (QED) is 0.327. The van der Waals surface area contributed by atoms with Crippen LogP contribution in [-0.4, -0.2) is 28.0 Å². The molecule has 2 aromatic rings. The topological polar surface area (TPSA) is 79.5 Å². The number of hydrogen-bond acceptors (Lipinski definition) is 7. The molecule has 0 spiro atoms. The van der Waals surface area contributed by atoms with Crippen LogP contribution in [0.5, 0.6) is 0 Å². The van der Waals surface area contributed by atoms with Gasteiger partial charge in [0.2, 0.25) is 0 Å². The normalized spacial score (nSPS) is 14.1. The summed E-state index contributed by atoms with van der Waals surface area (Å²) in [5.41, 5.74) is -1.13. The van der Waals surface area contributed by atoms with Crippen LogP contribution in [0.25, 0.3) is 0 Å². The number of anilines is 1. The van der Waals surface area contributed by atoms with Crippen LogP contribution in [0.15, 0.2) is 51.1 Å². The largest absolute Gasteiger partial charge is 0.417 e. The third kappa shape index (κ3) is 6.13. The predicted molar refractivity (Wildman–Crippen MR) is 102 cm³/mol. The van der Waals surface area contributed by atoms with E-state index in [9.17, 15) is 30.7 Å². The van der Waals surface area contributed by atoms with Crippen molar-refractivity contribution >= 4 is 32.9 Å². The number of alkyl halides is 5. The molecule has 1 atom stereocenters. The Kier molecular flexibility index (Phi) is 7.95. The molecule has 0 saturated heterocycles. The Hall–Kier alpha value is -2.74. The van der Waals surface area contributed by atoms with Crippen LogP contribution in [0.2, 0.25) is 0 Å². The fourth-order valence-electron chi connectivity index (χ4n) is 2.39. The van der Waals surface area contributed by atoms with Crippen LogP contribution in [-0.2, 0) is 20.6 Å². The lowest BCUT2D eigenvalue weighted by molar-refractivity contribution is -0.137. The number of benzene rings is 1. The van der Waals surface area contributed by atoms with E-state index in [0.717, 1.165) is 12.1 Å². The highest BCUT2D eigenvalue weighted by atomic mass is 32.2. The summed E-state index contributed by atoms with van der Waals surface area (Å²) in [7, 11) is -5.02. The molecule has 0 saturated carbocycles. The summed E-state index contributed by atoms with van der Waals surface area (Å²) in [5, 5.41) is 7.35. The number of halogens is 6. The minimum absolute atomic E-state index is 0.206. The molecule has 0 aliphatic heterocycles. The molecule has 31 heavy (non-hydrogen) atoms. The van der Waals surface area contributed by atoms with Gasteiger partial charge in [0.15, 0.2) is 5.82 Å². The van der Waals surface area contributed by atoms with Gasteiger partial charge in [0.25, 0.3) is 10.0 Å². The minimum Gasteiger partial charge on any atom is -0.372 e. The van der Waals surface area contributed by atoms with Gasteiger partial charge in [-0.2, -0.15) is 26.3 Å². The van der Waals surface area contributed by atoms with Crippen molar-refractivity contribution < 1.29 is 35.1 Å². The van der Waals surface area contributed by atoms with E-state index >= 15 is 0 Å². The van der Waals surface area contributed by atoms with E-state index in [-0.39, 0.29) is 11.5 Å². The molecule has 0 radical (unpaired) electrons. The van der Waals surface area contributed by atoms with Crippen LogP contribution >= 0.6 is 0 Å². The summed E-state index contributed by atoms with van der Waals surface area (Å²) in [6.07, 6.45) is -4.04. The SMILES string of the molecule is CCN(CC)c1ccc(N=Nc2ccc(C(F)(F)F)cn2)c(N=S(=O)(OF)C(F)F)c1. The average molecular weight is 469 g/mol. The number of pyridine rings is 1. The van der Waals surface area contributed by atoms with Crippen molar-refractivity contribution in [2.45, 2.75) is 25.8 Å². The van der Waals surface area contributed by atoms with Gasteiger partial charge < -0.3 is 4.90 Å². The lowest BCUT2D eigenvalue weighted by Gasteiger charge is -2.21. The van der Waals surface area contributed by atoms with Crippen LogP contribution in [0.4, 0.5) is 49.4 Å². The zero-order valence-electron chi connectivity index (χ0n) is 16.2. The van der Waals surface area contributed by atoms with Gasteiger partial charge in [-0.05, 0) is 48.7 Å². The second-order valence-corrected chi connectivity index (χ2v) is 7.57. The van der Waals surface area contributed by atoms with Gasteiger partial charge in [-0.1, -0.05) is 4.39 Å². The van der Waals surface area contributed by atoms with Gasteiger partial charge in [-0.3, -0.25) is 0 Å². The fourth-order valence-corrected chi connectivity index (χ4v) is 2.97. The molecule has 0 aliphatic rings. The smallest absolute Gasteiger partial charge is 0.372 e. The first-order valence-corrected chi connectivity index (χ1v) is 10.2. The van der Waals surface area contributed by atoms with Gasteiger partial charge in [0.1, 0.15) is 11.4 Å². The van der Waals surface area contributed by atoms with E-state index in [1.165, 1.54) is 12.1 Å². The fraction of sp³-hybridized carbons (Fsp3) is 0.353. The highest BCUT2D eigenvalue weighted by Crippen LogP contribution is 2.36. The molecule has 0 fully saturated rings. The standard InChI is InChI=1S/C17H17F6N5O2S/c1-3-28(4-2)12-6-7-13(14(9-12)27-31(29,30-23)16(18)19)25-26-15-8-5-11(10-24-15)17(20,21)22/h5-10,16H,3-4H2,1-2H3. The number of rotatable bonds is 8. The minimum atomic E-state index is -5.02. The molecule has 7 nitrogen and oxygen atoms in total. The first-order valence-electron chi connectivity index (χ1n) is 8.72. The summed E-state index contributed by atoms with van der Waals surface area (Å²) in [5.74, 6) is -3.97. The van der Waals surface area contributed by atoms with Crippen molar-refractivity contribution in [3.05, 3.63) is 42.1 Å². The molecule has 2 rings (SSSR count). The number of nitrogens with zero attached hydrogens (tertiary/aromatic N) is 5. The van der Waals surface area contributed by atoms with E-state index in [1.54, 1.807) is 11.0 Å². The molecule has 0 bridgehead atoms. The highest BCUT2D eigenvalue weighted by Gasteiger charge is 2.30. The second kappa shape index (κ2) is 10.0. The lowest BCUT2D eigenvalue weighted by atomic mass is 10.2. The summed E-state index contributed by atoms with van der Waals surface area (Å²) in [6, 6.07) is 5.75. The van der Waals surface area contributed by atoms with Crippen molar-refractivity contribution in [3.8, 4) is 0 Å². The van der Waals surface area contributed by atoms with Crippen molar-refractivity contribution in [3.63, 3.8) is 0 Å². The number of azo groups is 1. The summed E-state index contributed by atoms with van der Waals surface area (Å²) < 4.78 is 94.3. The summed E-state index contributed by atoms with van der Waals surface area (Å²) >= 11 is 0. The Morgan fingerprint density at radius 2 is 1.77 bits per heavy atom. The molecule has 1 unspecified atom stereocenters. The highest BCUT2D eigenvalue weighted by molar-refractivity contribution is 7.89. The van der Waals surface area contributed by atoms with Crippen molar-refractivity contribution in [2.75, 3.05) is 18.0 Å². The van der Waals surface area contributed by atoms with Crippen LogP contribution in [0, 0.1) is 0 Å². The zero-order chi connectivity index (χ0) is 23.2. The Balaban J connectivity index is 2.52. The van der Waals surface area contributed by atoms with Gasteiger partial charge >= 0.3 is 11.9 Å². The van der Waals surface area contributed by atoms with Crippen molar-refractivity contribution in [1.82, 2.24) is 4.98 Å². The Bertz CT molecular complexity index is 1030. The van der Waals surface area contributed by atoms with Crippen LogP contribution < -0.4 is 4.90 Å². The molecular weight excluding hydrogens is 452 g/mol. The van der Waals surface area contributed by atoms with E-state index in [4.69, 9.17) is 0 Å². The Morgan fingerprint density at radius 3 is 2.26 bits per heavy atom. The van der Waals surface area contributed by atoms with Crippen molar-refractivity contribution in [1.29, 1.82) is 0 Å². The van der Waals surface area contributed by atoms with Gasteiger partial charge in [-0.25, -0.2) is 9.19 Å². The first-order chi connectivity index (χ1) is 14.5. The molecule has 1 aromatic heterocycles. The van der Waals surface area contributed by atoms with E-state index in [1.807, 2.05) is 13.8 Å². The monoisotopic (exact) mass is 469 g/mol. The maximum Gasteiger partial charge on any atom is 0.417 e. The maximum absolute atomic E-state index is 13.0. The Labute approximate surface area is 174 Å². The Morgan fingerprint density at radius 1 is 1.10 bits per heavy atom. The molecule has 0 amide bonds. The molecule has 0 N–H and O–H groups in total. The van der Waals surface area contributed by atoms with Gasteiger partial charge in [0.05, 0.1) is 5.56 Å². The number of aromatic nitrogens is 1. The van der Waals surface area contributed by atoms with Crippen LogP contribution in [0.1, 0.15) is 19.4 Å². The van der Waals surface area contributed by atoms with Gasteiger partial charge in [-0.15, -0.1) is 10.2 Å². The van der Waals surface area contributed by atoms with Crippen molar-refractivity contribution in [2.24, 2.45) is 14.6 Å².